The summed E-state index contributed by atoms with van der Waals surface area (Å²) in [7, 11) is 0. The molecule has 1 N–H and O–H groups in total. The maximum absolute atomic E-state index is 14.1. The van der Waals surface area contributed by atoms with E-state index < -0.39 is 28.4 Å². The normalized spacial score (nSPS) is 15.6. The van der Waals surface area contributed by atoms with Crippen molar-refractivity contribution >= 4 is 17.5 Å². The van der Waals surface area contributed by atoms with E-state index in [0.717, 1.165) is 0 Å². The Balaban J connectivity index is 1.56. The van der Waals surface area contributed by atoms with Crippen molar-refractivity contribution < 1.29 is 22.1 Å². The second-order valence-corrected chi connectivity index (χ2v) is 6.49. The summed E-state index contributed by atoms with van der Waals surface area (Å²) in [6.45, 7) is 0. The van der Waals surface area contributed by atoms with E-state index in [1.807, 2.05) is 0 Å². The Morgan fingerprint density at radius 1 is 1.11 bits per heavy atom. The number of nitrogens with zero attached hydrogens (tertiary/aromatic N) is 4. The number of halogens is 5. The van der Waals surface area contributed by atoms with Crippen LogP contribution < -0.4 is 5.32 Å². The third kappa shape index (κ3) is 3.32. The summed E-state index contributed by atoms with van der Waals surface area (Å²) < 4.78 is 58.4. The first-order valence-electron chi connectivity index (χ1n) is 7.74. The van der Waals surface area contributed by atoms with Crippen LogP contribution in [0.3, 0.4) is 0 Å². The van der Waals surface area contributed by atoms with Crippen LogP contribution in [0.25, 0.3) is 11.4 Å². The summed E-state index contributed by atoms with van der Waals surface area (Å²) in [6.07, 6.45) is 3.55. The Bertz CT molecular complexity index is 965. The van der Waals surface area contributed by atoms with Crippen molar-refractivity contribution in [2.75, 3.05) is 5.32 Å². The van der Waals surface area contributed by atoms with Crippen LogP contribution in [0.1, 0.15) is 24.3 Å². The molecule has 0 aliphatic heterocycles. The van der Waals surface area contributed by atoms with Crippen molar-refractivity contribution in [1.82, 2.24) is 20.1 Å². The van der Waals surface area contributed by atoms with Crippen molar-refractivity contribution in [1.29, 1.82) is 0 Å². The fraction of sp³-hybridized carbons (Fsp3) is 0.250. The van der Waals surface area contributed by atoms with Crippen LogP contribution in [0.4, 0.5) is 23.5 Å². The second kappa shape index (κ2) is 6.15. The number of aromatic nitrogens is 4. The smallest absolute Gasteiger partial charge is 0.344 e. The van der Waals surface area contributed by atoms with E-state index in [1.54, 1.807) is 0 Å². The molecule has 2 heterocycles. The number of alkyl halides is 3. The highest BCUT2D eigenvalue weighted by molar-refractivity contribution is 6.21. The Kier molecular flexibility index (Phi) is 4.02. The molecule has 0 spiro atoms. The van der Waals surface area contributed by atoms with Crippen molar-refractivity contribution in [3.63, 3.8) is 0 Å². The van der Waals surface area contributed by atoms with Gasteiger partial charge in [-0.25, -0.2) is 18.7 Å². The zero-order chi connectivity index (χ0) is 19.2. The third-order valence-electron chi connectivity index (χ3n) is 4.12. The first-order valence-corrected chi connectivity index (χ1v) is 8.12. The van der Waals surface area contributed by atoms with Gasteiger partial charge in [0.1, 0.15) is 11.6 Å². The summed E-state index contributed by atoms with van der Waals surface area (Å²) in [5, 5.41) is 2.54. The molecule has 1 saturated carbocycles. The molecule has 27 heavy (non-hydrogen) atoms. The van der Waals surface area contributed by atoms with Gasteiger partial charge in [0.05, 0.1) is 11.1 Å². The Morgan fingerprint density at radius 2 is 1.74 bits per heavy atom. The summed E-state index contributed by atoms with van der Waals surface area (Å²) in [4.78, 5) is 11.5. The van der Waals surface area contributed by atoms with Gasteiger partial charge in [0, 0.05) is 18.0 Å². The monoisotopic (exact) mass is 399 g/mol. The Hall–Kier alpha value is -2.75. The van der Waals surface area contributed by atoms with E-state index in [-0.39, 0.29) is 22.9 Å². The maximum atomic E-state index is 14.1. The number of rotatable bonds is 5. The molecule has 4 rings (SSSR count). The van der Waals surface area contributed by atoms with Crippen molar-refractivity contribution in [2.24, 2.45) is 0 Å². The molecule has 0 unspecified atom stereocenters. The number of benzene rings is 1. The number of hydrogen-bond donors (Lipinski definition) is 1. The zero-order valence-electron chi connectivity index (χ0n) is 13.4. The van der Waals surface area contributed by atoms with Gasteiger partial charge in [-0.05, 0) is 36.6 Å². The third-order valence-corrected chi connectivity index (χ3v) is 4.28. The average Bonchev–Trinajstić information content (AvgIpc) is 3.18. The SMILES string of the molecule is Fc1cccc(F)c1C1(Nc2ncc(-c3noc(C(F)(F)Cl)n3)cn2)CC1. The lowest BCUT2D eigenvalue weighted by molar-refractivity contribution is 0.0551. The standard InChI is InChI=1S/C16H10ClF4N5O/c17-16(20,21)13-24-12(26-27-13)8-6-22-14(23-7-8)25-15(4-5-15)11-9(18)2-1-3-10(11)19/h1-3,6-7H,4-5H2,(H,22,23,25). The first-order chi connectivity index (χ1) is 12.8. The molecule has 0 radical (unpaired) electrons. The molecule has 0 atom stereocenters. The minimum absolute atomic E-state index is 0.0650. The summed E-state index contributed by atoms with van der Waals surface area (Å²) >= 11 is 4.82. The van der Waals surface area contributed by atoms with E-state index in [4.69, 9.17) is 11.6 Å². The van der Waals surface area contributed by atoms with Gasteiger partial charge in [-0.1, -0.05) is 11.2 Å². The number of nitrogens with one attached hydrogen (secondary N) is 1. The molecule has 140 valence electrons. The van der Waals surface area contributed by atoms with Crippen LogP contribution in [0.2, 0.25) is 0 Å². The van der Waals surface area contributed by atoms with Gasteiger partial charge in [-0.2, -0.15) is 13.8 Å². The van der Waals surface area contributed by atoms with E-state index in [9.17, 15) is 17.6 Å². The topological polar surface area (TPSA) is 76.7 Å². The molecular weight excluding hydrogens is 390 g/mol. The molecule has 1 aromatic carbocycles. The van der Waals surface area contributed by atoms with Crippen LogP contribution >= 0.6 is 11.6 Å². The van der Waals surface area contributed by atoms with E-state index in [0.29, 0.717) is 12.8 Å². The number of anilines is 1. The van der Waals surface area contributed by atoms with Gasteiger partial charge in [0.2, 0.25) is 11.8 Å². The van der Waals surface area contributed by atoms with Gasteiger partial charge in [-0.3, -0.25) is 0 Å². The van der Waals surface area contributed by atoms with Gasteiger partial charge >= 0.3 is 11.3 Å². The average molecular weight is 400 g/mol. The minimum atomic E-state index is -3.78. The quantitative estimate of drug-likeness (QED) is 0.512. The van der Waals surface area contributed by atoms with Crippen LogP contribution in [0.15, 0.2) is 35.1 Å². The molecule has 11 heteroatoms. The van der Waals surface area contributed by atoms with Crippen LogP contribution in [-0.4, -0.2) is 20.1 Å². The highest BCUT2D eigenvalue weighted by atomic mass is 35.5. The van der Waals surface area contributed by atoms with Crippen LogP contribution in [0.5, 0.6) is 0 Å². The molecule has 3 aromatic rings. The van der Waals surface area contributed by atoms with Gasteiger partial charge in [-0.15, -0.1) is 0 Å². The second-order valence-electron chi connectivity index (χ2n) is 6.02. The maximum Gasteiger partial charge on any atom is 0.400 e. The Morgan fingerprint density at radius 3 is 2.26 bits per heavy atom. The summed E-state index contributed by atoms with van der Waals surface area (Å²) in [6, 6.07) is 3.66. The molecule has 0 amide bonds. The molecule has 2 aromatic heterocycles. The zero-order valence-corrected chi connectivity index (χ0v) is 14.1. The van der Waals surface area contributed by atoms with E-state index in [2.05, 4.69) is 29.9 Å². The molecule has 1 aliphatic rings. The molecule has 1 aliphatic carbocycles. The van der Waals surface area contributed by atoms with Gasteiger partial charge < -0.3 is 9.84 Å². The van der Waals surface area contributed by atoms with E-state index >= 15 is 0 Å². The van der Waals surface area contributed by atoms with Gasteiger partial charge in [0.25, 0.3) is 0 Å². The highest BCUT2D eigenvalue weighted by Crippen LogP contribution is 2.49. The predicted molar refractivity (Wildman–Crippen MR) is 86.0 cm³/mol. The summed E-state index contributed by atoms with van der Waals surface area (Å²) in [5.74, 6) is -2.41. The van der Waals surface area contributed by atoms with Crippen LogP contribution in [0, 0.1) is 11.6 Å². The molecule has 0 saturated heterocycles. The minimum Gasteiger partial charge on any atom is -0.344 e. The molecule has 1 fully saturated rings. The first kappa shape index (κ1) is 17.7. The van der Waals surface area contributed by atoms with Crippen molar-refractivity contribution in [3.8, 4) is 11.4 Å². The van der Waals surface area contributed by atoms with Crippen molar-refractivity contribution in [2.45, 2.75) is 23.8 Å². The molecule has 6 nitrogen and oxygen atoms in total. The lowest BCUT2D eigenvalue weighted by Gasteiger charge is -2.19. The lowest BCUT2D eigenvalue weighted by atomic mass is 10.0. The summed E-state index contributed by atoms with van der Waals surface area (Å²) in [5.41, 5.74) is -0.778. The fourth-order valence-electron chi connectivity index (χ4n) is 2.70. The van der Waals surface area contributed by atoms with Gasteiger partial charge in [0.15, 0.2) is 0 Å². The van der Waals surface area contributed by atoms with E-state index in [1.165, 1.54) is 30.6 Å². The molecule has 0 bridgehead atoms. The van der Waals surface area contributed by atoms with Crippen LogP contribution in [-0.2, 0) is 10.9 Å². The lowest BCUT2D eigenvalue weighted by Crippen LogP contribution is -2.23. The largest absolute Gasteiger partial charge is 0.400 e. The predicted octanol–water partition coefficient (Wildman–Crippen LogP) is 4.19. The molecular formula is C16H10ClF4N5O. The number of hydrogen-bond acceptors (Lipinski definition) is 6. The van der Waals surface area contributed by atoms with Crippen molar-refractivity contribution in [3.05, 3.63) is 53.7 Å². The fourth-order valence-corrected chi connectivity index (χ4v) is 2.77. The highest BCUT2D eigenvalue weighted by Gasteiger charge is 2.48. The Labute approximate surface area is 154 Å².